The topological polar surface area (TPSA) is 43.4 Å². The smallest absolute Gasteiger partial charge is 0.231 e. The van der Waals surface area contributed by atoms with Gasteiger partial charge in [0.1, 0.15) is 5.01 Å². The first-order valence-electron chi connectivity index (χ1n) is 6.90. The van der Waals surface area contributed by atoms with Crippen LogP contribution in [0.3, 0.4) is 0 Å². The zero-order valence-electron chi connectivity index (χ0n) is 12.2. The van der Waals surface area contributed by atoms with Gasteiger partial charge in [-0.05, 0) is 32.5 Å². The third-order valence-electron chi connectivity index (χ3n) is 3.41. The molecular formula is C15H17ClN2O2S. The van der Waals surface area contributed by atoms with Crippen LogP contribution in [0.4, 0.5) is 0 Å². The molecule has 0 spiro atoms. The normalized spacial score (nSPS) is 14.5. The van der Waals surface area contributed by atoms with E-state index in [-0.39, 0.29) is 6.79 Å². The Morgan fingerprint density at radius 1 is 1.43 bits per heavy atom. The van der Waals surface area contributed by atoms with E-state index in [1.807, 2.05) is 19.1 Å². The molecule has 3 rings (SSSR count). The zero-order valence-corrected chi connectivity index (χ0v) is 13.8. The SMILES string of the molecule is CCNC(C)c1sc(-c2cc(Cl)c3c(c2)OCO3)nc1C. The Balaban J connectivity index is 1.98. The van der Waals surface area contributed by atoms with E-state index in [4.69, 9.17) is 21.1 Å². The number of nitrogens with one attached hydrogen (secondary N) is 1. The molecule has 1 atom stereocenters. The highest BCUT2D eigenvalue weighted by atomic mass is 35.5. The molecule has 2 heterocycles. The minimum absolute atomic E-state index is 0.220. The molecule has 0 saturated heterocycles. The summed E-state index contributed by atoms with van der Waals surface area (Å²) in [7, 11) is 0. The van der Waals surface area contributed by atoms with Gasteiger partial charge in [-0.15, -0.1) is 11.3 Å². The molecule has 0 aliphatic carbocycles. The molecule has 0 bridgehead atoms. The van der Waals surface area contributed by atoms with Gasteiger partial charge in [-0.2, -0.15) is 0 Å². The fourth-order valence-electron chi connectivity index (χ4n) is 2.42. The second-order valence-electron chi connectivity index (χ2n) is 4.94. The van der Waals surface area contributed by atoms with Crippen molar-refractivity contribution in [2.24, 2.45) is 0 Å². The largest absolute Gasteiger partial charge is 0.454 e. The number of halogens is 1. The van der Waals surface area contributed by atoms with Gasteiger partial charge in [0.05, 0.1) is 10.7 Å². The second kappa shape index (κ2) is 5.83. The molecule has 1 aliphatic heterocycles. The quantitative estimate of drug-likeness (QED) is 0.916. The molecule has 1 aromatic carbocycles. The molecule has 112 valence electrons. The first-order chi connectivity index (χ1) is 10.1. The molecule has 1 aliphatic rings. The Bertz CT molecular complexity index is 672. The lowest BCUT2D eigenvalue weighted by molar-refractivity contribution is 0.174. The number of nitrogens with zero attached hydrogens (tertiary/aromatic N) is 1. The average Bonchev–Trinajstić information content (AvgIpc) is 3.05. The van der Waals surface area contributed by atoms with E-state index in [2.05, 4.69) is 24.1 Å². The van der Waals surface area contributed by atoms with Crippen LogP contribution in [-0.2, 0) is 0 Å². The maximum absolute atomic E-state index is 6.24. The molecule has 21 heavy (non-hydrogen) atoms. The number of aromatic nitrogens is 1. The van der Waals surface area contributed by atoms with Crippen molar-refractivity contribution >= 4 is 22.9 Å². The summed E-state index contributed by atoms with van der Waals surface area (Å²) in [4.78, 5) is 5.92. The first-order valence-corrected chi connectivity index (χ1v) is 8.09. The fraction of sp³-hybridized carbons (Fsp3) is 0.400. The Hall–Kier alpha value is -1.30. The van der Waals surface area contributed by atoms with Crippen LogP contribution in [0.5, 0.6) is 11.5 Å². The van der Waals surface area contributed by atoms with Crippen molar-refractivity contribution in [3.8, 4) is 22.1 Å². The van der Waals surface area contributed by atoms with Gasteiger partial charge in [-0.3, -0.25) is 0 Å². The highest BCUT2D eigenvalue weighted by Crippen LogP contribution is 2.43. The molecule has 4 nitrogen and oxygen atoms in total. The van der Waals surface area contributed by atoms with Gasteiger partial charge < -0.3 is 14.8 Å². The maximum Gasteiger partial charge on any atom is 0.231 e. The number of fused-ring (bicyclic) bond motifs is 1. The van der Waals surface area contributed by atoms with Crippen LogP contribution in [0.2, 0.25) is 5.02 Å². The number of hydrogen-bond donors (Lipinski definition) is 1. The van der Waals surface area contributed by atoms with E-state index in [9.17, 15) is 0 Å². The van der Waals surface area contributed by atoms with E-state index in [0.717, 1.165) is 22.8 Å². The molecule has 0 radical (unpaired) electrons. The number of ether oxygens (including phenoxy) is 2. The fourth-order valence-corrected chi connectivity index (χ4v) is 3.77. The summed E-state index contributed by atoms with van der Waals surface area (Å²) in [5, 5.41) is 4.94. The second-order valence-corrected chi connectivity index (χ2v) is 6.38. The van der Waals surface area contributed by atoms with Crippen molar-refractivity contribution in [2.75, 3.05) is 13.3 Å². The monoisotopic (exact) mass is 324 g/mol. The molecule has 0 saturated carbocycles. The lowest BCUT2D eigenvalue weighted by atomic mass is 10.2. The summed E-state index contributed by atoms with van der Waals surface area (Å²) in [6.07, 6.45) is 0. The number of benzene rings is 1. The van der Waals surface area contributed by atoms with Crippen LogP contribution in [0.1, 0.15) is 30.5 Å². The molecule has 6 heteroatoms. The molecule has 1 unspecified atom stereocenters. The molecule has 2 aromatic rings. The van der Waals surface area contributed by atoms with Gasteiger partial charge in [-0.1, -0.05) is 18.5 Å². The summed E-state index contributed by atoms with van der Waals surface area (Å²) in [5.41, 5.74) is 2.02. The first kappa shape index (κ1) is 14.6. The molecule has 0 fully saturated rings. The Labute approximate surface area is 133 Å². The third-order valence-corrected chi connectivity index (χ3v) is 5.08. The Morgan fingerprint density at radius 2 is 2.24 bits per heavy atom. The molecule has 1 aromatic heterocycles. The highest BCUT2D eigenvalue weighted by molar-refractivity contribution is 7.15. The van der Waals surface area contributed by atoms with Crippen molar-refractivity contribution in [3.63, 3.8) is 0 Å². The molecular weight excluding hydrogens is 308 g/mol. The van der Waals surface area contributed by atoms with Gasteiger partial charge in [0.25, 0.3) is 0 Å². The minimum Gasteiger partial charge on any atom is -0.454 e. The number of aryl methyl sites for hydroxylation is 1. The molecule has 0 amide bonds. The van der Waals surface area contributed by atoms with Crippen molar-refractivity contribution in [3.05, 3.63) is 27.7 Å². The van der Waals surface area contributed by atoms with E-state index >= 15 is 0 Å². The van der Waals surface area contributed by atoms with Gasteiger partial charge >= 0.3 is 0 Å². The van der Waals surface area contributed by atoms with Gasteiger partial charge in [-0.25, -0.2) is 4.98 Å². The van der Waals surface area contributed by atoms with Crippen molar-refractivity contribution in [2.45, 2.75) is 26.8 Å². The van der Waals surface area contributed by atoms with Crippen LogP contribution in [0, 0.1) is 6.92 Å². The van der Waals surface area contributed by atoms with Crippen molar-refractivity contribution in [1.82, 2.24) is 10.3 Å². The number of thiazole rings is 1. The highest BCUT2D eigenvalue weighted by Gasteiger charge is 2.21. The predicted octanol–water partition coefficient (Wildman–Crippen LogP) is 4.17. The summed E-state index contributed by atoms with van der Waals surface area (Å²) < 4.78 is 10.8. The van der Waals surface area contributed by atoms with Crippen LogP contribution >= 0.6 is 22.9 Å². The van der Waals surface area contributed by atoms with Crippen LogP contribution < -0.4 is 14.8 Å². The Kier molecular flexibility index (Phi) is 4.06. The van der Waals surface area contributed by atoms with Gasteiger partial charge in [0.15, 0.2) is 11.5 Å². The summed E-state index contributed by atoms with van der Waals surface area (Å²) in [5.74, 6) is 1.31. The van der Waals surface area contributed by atoms with Crippen LogP contribution in [0.25, 0.3) is 10.6 Å². The number of rotatable bonds is 4. The summed E-state index contributed by atoms with van der Waals surface area (Å²) in [6.45, 7) is 7.45. The van der Waals surface area contributed by atoms with Crippen LogP contribution in [-0.4, -0.2) is 18.3 Å². The standard InChI is InChI=1S/C15H17ClN2O2S/c1-4-17-8(2)14-9(3)18-15(21-14)10-5-11(16)13-12(6-10)19-7-20-13/h5-6,8,17H,4,7H2,1-3H3. The maximum atomic E-state index is 6.24. The third kappa shape index (κ3) is 2.73. The average molecular weight is 325 g/mol. The number of hydrogen-bond acceptors (Lipinski definition) is 5. The van der Waals surface area contributed by atoms with Crippen molar-refractivity contribution in [1.29, 1.82) is 0 Å². The zero-order chi connectivity index (χ0) is 15.0. The molecule has 1 N–H and O–H groups in total. The summed E-state index contributed by atoms with van der Waals surface area (Å²) in [6, 6.07) is 4.12. The Morgan fingerprint density at radius 3 is 3.00 bits per heavy atom. The van der Waals surface area contributed by atoms with Crippen LogP contribution in [0.15, 0.2) is 12.1 Å². The van der Waals surface area contributed by atoms with Gasteiger partial charge in [0, 0.05) is 16.5 Å². The van der Waals surface area contributed by atoms with Gasteiger partial charge in [0.2, 0.25) is 6.79 Å². The summed E-state index contributed by atoms with van der Waals surface area (Å²) >= 11 is 7.93. The minimum atomic E-state index is 0.220. The van der Waals surface area contributed by atoms with Crippen molar-refractivity contribution < 1.29 is 9.47 Å². The van der Waals surface area contributed by atoms with E-state index in [0.29, 0.717) is 22.6 Å². The lowest BCUT2D eigenvalue weighted by Gasteiger charge is -2.09. The predicted molar refractivity (Wildman–Crippen MR) is 85.5 cm³/mol. The van der Waals surface area contributed by atoms with E-state index in [1.54, 1.807) is 11.3 Å². The van der Waals surface area contributed by atoms with E-state index < -0.39 is 0 Å². The lowest BCUT2D eigenvalue weighted by Crippen LogP contribution is -2.17. The van der Waals surface area contributed by atoms with E-state index in [1.165, 1.54) is 4.88 Å².